The number of nitrogens with one attached hydrogen (secondary N) is 1. The minimum absolute atomic E-state index is 0.0697. The number of hydrogen-bond acceptors (Lipinski definition) is 8. The van der Waals surface area contributed by atoms with Crippen molar-refractivity contribution in [2.75, 3.05) is 25.5 Å². The number of benzene rings is 1. The summed E-state index contributed by atoms with van der Waals surface area (Å²) in [6.07, 6.45) is 8.91. The zero-order chi connectivity index (χ0) is 26.2. The molecule has 194 valence electrons. The van der Waals surface area contributed by atoms with Crippen molar-refractivity contribution in [2.45, 2.75) is 32.9 Å². The third-order valence-corrected chi connectivity index (χ3v) is 7.10. The van der Waals surface area contributed by atoms with Crippen molar-refractivity contribution in [1.82, 2.24) is 39.4 Å². The summed E-state index contributed by atoms with van der Waals surface area (Å²) in [5, 5.41) is 19.9. The Balaban J connectivity index is 1.41. The summed E-state index contributed by atoms with van der Waals surface area (Å²) in [5.41, 5.74) is 2.10. The highest BCUT2D eigenvalue weighted by atomic mass is 35.5. The molecule has 12 heteroatoms. The lowest BCUT2D eigenvalue weighted by Crippen LogP contribution is -2.27. The second kappa shape index (κ2) is 9.90. The third-order valence-electron chi connectivity index (χ3n) is 6.80. The highest BCUT2D eigenvalue weighted by molar-refractivity contribution is 6.32. The number of carbonyl (C=O) groups excluding carboxylic acids is 1. The first-order valence-corrected chi connectivity index (χ1v) is 12.9. The number of imidazole rings is 1. The van der Waals surface area contributed by atoms with Gasteiger partial charge in [-0.2, -0.15) is 5.10 Å². The highest BCUT2D eigenvalue weighted by Crippen LogP contribution is 2.32. The third kappa shape index (κ3) is 4.18. The Labute approximate surface area is 223 Å². The van der Waals surface area contributed by atoms with Crippen molar-refractivity contribution in [3.8, 4) is 11.6 Å². The van der Waals surface area contributed by atoms with Crippen LogP contribution in [0.5, 0.6) is 5.75 Å². The molecule has 0 saturated carbocycles. The zero-order valence-corrected chi connectivity index (χ0v) is 21.8. The number of aryl methyl sites for hydroxylation is 1. The largest absolute Gasteiger partial charge is 0.495 e. The maximum atomic E-state index is 12.9. The van der Waals surface area contributed by atoms with E-state index in [0.29, 0.717) is 41.2 Å². The van der Waals surface area contributed by atoms with Gasteiger partial charge in [-0.15, -0.1) is 10.2 Å². The van der Waals surface area contributed by atoms with Crippen LogP contribution in [0, 0.1) is 0 Å². The standard InChI is InChI=1S/C26H26ClN9O2/c1-3-36-24-18(13-31-36)22-17(12-29-24)25(35-14-20(30-15-35)26(37)34-8-4-5-9-34)33-32-23(22)28-11-16-6-7-21(38-2)19(27)10-16/h6-7,10,12-15H,3-5,8-9,11H2,1-2H3,(H,28,32). The van der Waals surface area contributed by atoms with Gasteiger partial charge in [-0.3, -0.25) is 9.36 Å². The van der Waals surface area contributed by atoms with Gasteiger partial charge in [0.1, 0.15) is 17.8 Å². The number of anilines is 1. The van der Waals surface area contributed by atoms with Crippen LogP contribution in [-0.4, -0.2) is 65.5 Å². The van der Waals surface area contributed by atoms with Crippen LogP contribution in [0.1, 0.15) is 35.8 Å². The topological polar surface area (TPSA) is 116 Å². The van der Waals surface area contributed by atoms with Gasteiger partial charge in [0.05, 0.1) is 23.7 Å². The number of hydrogen-bond donors (Lipinski definition) is 1. The van der Waals surface area contributed by atoms with Crippen molar-refractivity contribution in [1.29, 1.82) is 0 Å². The number of likely N-dealkylation sites (tertiary alicyclic amines) is 1. The molecule has 1 N–H and O–H groups in total. The fourth-order valence-corrected chi connectivity index (χ4v) is 5.12. The number of ether oxygens (including phenoxy) is 1. The van der Waals surface area contributed by atoms with E-state index in [1.54, 1.807) is 36.6 Å². The summed E-state index contributed by atoms with van der Waals surface area (Å²) in [7, 11) is 1.59. The van der Waals surface area contributed by atoms with Gasteiger partial charge in [0.25, 0.3) is 5.91 Å². The van der Waals surface area contributed by atoms with Gasteiger partial charge in [-0.25, -0.2) is 14.6 Å². The predicted octanol–water partition coefficient (Wildman–Crippen LogP) is 4.09. The number of pyridine rings is 1. The quantitative estimate of drug-likeness (QED) is 0.334. The Morgan fingerprint density at radius 3 is 2.74 bits per heavy atom. The van der Waals surface area contributed by atoms with Crippen molar-refractivity contribution in [3.05, 3.63) is 59.4 Å². The van der Waals surface area contributed by atoms with Crippen LogP contribution in [-0.2, 0) is 13.1 Å². The average Bonchev–Trinajstić information content (AvgIpc) is 3.72. The number of carbonyl (C=O) groups is 1. The van der Waals surface area contributed by atoms with Gasteiger partial charge >= 0.3 is 0 Å². The van der Waals surface area contributed by atoms with E-state index in [4.69, 9.17) is 16.3 Å². The monoisotopic (exact) mass is 531 g/mol. The van der Waals surface area contributed by atoms with E-state index < -0.39 is 0 Å². The lowest BCUT2D eigenvalue weighted by Gasteiger charge is -2.13. The molecule has 0 aliphatic carbocycles. The van der Waals surface area contributed by atoms with Crippen molar-refractivity contribution in [3.63, 3.8) is 0 Å². The molecule has 6 rings (SSSR count). The molecule has 38 heavy (non-hydrogen) atoms. The smallest absolute Gasteiger partial charge is 0.274 e. The van der Waals surface area contributed by atoms with Crippen LogP contribution >= 0.6 is 11.6 Å². The Kier molecular flexibility index (Phi) is 6.28. The maximum absolute atomic E-state index is 12.9. The van der Waals surface area contributed by atoms with Crippen LogP contribution in [0.4, 0.5) is 5.82 Å². The van der Waals surface area contributed by atoms with E-state index in [1.165, 1.54) is 0 Å². The lowest BCUT2D eigenvalue weighted by molar-refractivity contribution is 0.0787. The summed E-state index contributed by atoms with van der Waals surface area (Å²) in [5.74, 6) is 1.67. The number of methoxy groups -OCH3 is 1. The zero-order valence-electron chi connectivity index (χ0n) is 21.1. The Morgan fingerprint density at radius 2 is 1.97 bits per heavy atom. The lowest BCUT2D eigenvalue weighted by atomic mass is 10.1. The number of halogens is 1. The van der Waals surface area contributed by atoms with Gasteiger partial charge in [-0.1, -0.05) is 17.7 Å². The Hall–Kier alpha value is -4.25. The second-order valence-electron chi connectivity index (χ2n) is 9.10. The number of fused-ring (bicyclic) bond motifs is 3. The van der Waals surface area contributed by atoms with Crippen LogP contribution in [0.15, 0.2) is 43.1 Å². The summed E-state index contributed by atoms with van der Waals surface area (Å²) < 4.78 is 8.82. The molecule has 11 nitrogen and oxygen atoms in total. The first-order valence-electron chi connectivity index (χ1n) is 12.5. The van der Waals surface area contributed by atoms with Crippen LogP contribution in [0.2, 0.25) is 5.02 Å². The molecule has 0 bridgehead atoms. The molecule has 0 unspecified atom stereocenters. The second-order valence-corrected chi connectivity index (χ2v) is 9.51. The summed E-state index contributed by atoms with van der Waals surface area (Å²) >= 11 is 6.32. The highest BCUT2D eigenvalue weighted by Gasteiger charge is 2.23. The molecule has 1 aliphatic rings. The molecule has 1 aliphatic heterocycles. The number of amides is 1. The summed E-state index contributed by atoms with van der Waals surface area (Å²) in [4.78, 5) is 23.8. The van der Waals surface area contributed by atoms with E-state index in [0.717, 1.165) is 53.3 Å². The normalized spacial score (nSPS) is 13.5. The van der Waals surface area contributed by atoms with Gasteiger partial charge in [0, 0.05) is 49.3 Å². The van der Waals surface area contributed by atoms with Crippen molar-refractivity contribution < 1.29 is 9.53 Å². The number of rotatable bonds is 7. The molecule has 1 saturated heterocycles. The van der Waals surface area contributed by atoms with E-state index >= 15 is 0 Å². The first-order chi connectivity index (χ1) is 18.6. The molecule has 1 amide bonds. The van der Waals surface area contributed by atoms with Gasteiger partial charge in [0.15, 0.2) is 17.3 Å². The fourth-order valence-electron chi connectivity index (χ4n) is 4.84. The minimum Gasteiger partial charge on any atom is -0.495 e. The molecule has 5 heterocycles. The van der Waals surface area contributed by atoms with Crippen LogP contribution < -0.4 is 10.1 Å². The summed E-state index contributed by atoms with van der Waals surface area (Å²) in [6, 6.07) is 5.63. The SMILES string of the molecule is CCn1ncc2c3c(NCc4ccc(OC)c(Cl)c4)nnc(-n4cnc(C(=O)N5CCCC5)c4)c3cnc21. The molecular weight excluding hydrogens is 506 g/mol. The molecular formula is C26H26ClN9O2. The van der Waals surface area contributed by atoms with E-state index in [-0.39, 0.29) is 5.91 Å². The van der Waals surface area contributed by atoms with Gasteiger partial charge in [-0.05, 0) is 37.5 Å². The minimum atomic E-state index is -0.0697. The summed E-state index contributed by atoms with van der Waals surface area (Å²) in [6.45, 7) is 4.70. The van der Waals surface area contributed by atoms with E-state index in [9.17, 15) is 4.79 Å². The predicted molar refractivity (Wildman–Crippen MR) is 144 cm³/mol. The van der Waals surface area contributed by atoms with Crippen molar-refractivity contribution >= 4 is 45.1 Å². The molecule has 0 atom stereocenters. The fraction of sp³-hybridized carbons (Fsp3) is 0.308. The van der Waals surface area contributed by atoms with E-state index in [1.807, 2.05) is 34.7 Å². The molecule has 0 radical (unpaired) electrons. The number of nitrogens with zero attached hydrogens (tertiary/aromatic N) is 8. The molecule has 1 fully saturated rings. The van der Waals surface area contributed by atoms with Crippen LogP contribution in [0.25, 0.3) is 27.6 Å². The molecule has 0 spiro atoms. The first kappa shape index (κ1) is 24.1. The maximum Gasteiger partial charge on any atom is 0.274 e. The molecule has 1 aromatic carbocycles. The van der Waals surface area contributed by atoms with Crippen LogP contribution in [0.3, 0.4) is 0 Å². The molecule has 4 aromatic heterocycles. The Bertz CT molecular complexity index is 1660. The van der Waals surface area contributed by atoms with Gasteiger partial charge < -0.3 is 15.0 Å². The number of aromatic nitrogens is 7. The van der Waals surface area contributed by atoms with Crippen molar-refractivity contribution in [2.24, 2.45) is 0 Å². The Morgan fingerprint density at radius 1 is 1.13 bits per heavy atom. The average molecular weight is 532 g/mol. The molecule has 5 aromatic rings. The van der Waals surface area contributed by atoms with Gasteiger partial charge in [0.2, 0.25) is 0 Å². The van der Waals surface area contributed by atoms with E-state index in [2.05, 4.69) is 30.6 Å².